The van der Waals surface area contributed by atoms with Crippen molar-refractivity contribution in [3.63, 3.8) is 0 Å². The zero-order valence-corrected chi connectivity index (χ0v) is 10.4. The monoisotopic (exact) mass is 251 g/mol. The largest absolute Gasteiger partial charge is 0.390 e. The highest BCUT2D eigenvalue weighted by Gasteiger charge is 2.19. The van der Waals surface area contributed by atoms with Gasteiger partial charge in [0.1, 0.15) is 22.6 Å². The van der Waals surface area contributed by atoms with E-state index in [0.717, 1.165) is 0 Å². The summed E-state index contributed by atoms with van der Waals surface area (Å²) in [5, 5.41) is 21.3. The molecule has 0 radical (unpaired) electrons. The van der Waals surface area contributed by atoms with Gasteiger partial charge in [-0.2, -0.15) is 0 Å². The highest BCUT2D eigenvalue weighted by molar-refractivity contribution is 7.13. The lowest BCUT2D eigenvalue weighted by atomic mass is 10.0. The van der Waals surface area contributed by atoms with Crippen LogP contribution in [-0.2, 0) is 12.2 Å². The smallest absolute Gasteiger partial charge is 0.142 e. The minimum atomic E-state index is -1.01. The molecule has 17 heavy (non-hydrogen) atoms. The Bertz CT molecular complexity index is 519. The van der Waals surface area contributed by atoms with Crippen LogP contribution in [0.1, 0.15) is 25.2 Å². The van der Waals surface area contributed by atoms with Crippen LogP contribution in [0.15, 0.2) is 17.8 Å². The molecular formula is C11H13N3O2S. The second-order valence-corrected chi connectivity index (χ2v) is 5.01. The summed E-state index contributed by atoms with van der Waals surface area (Å²) in [6.45, 7) is 3.25. The maximum absolute atomic E-state index is 9.86. The third kappa shape index (κ3) is 2.66. The lowest BCUT2D eigenvalue weighted by Gasteiger charge is -2.16. The highest BCUT2D eigenvalue weighted by atomic mass is 32.1. The molecule has 0 spiro atoms. The van der Waals surface area contributed by atoms with E-state index in [4.69, 9.17) is 5.11 Å². The first-order chi connectivity index (χ1) is 8.00. The first-order valence-electron chi connectivity index (χ1n) is 5.11. The van der Waals surface area contributed by atoms with Crippen molar-refractivity contribution < 1.29 is 10.2 Å². The molecule has 0 aliphatic heterocycles. The average Bonchev–Trinajstić information content (AvgIpc) is 2.76. The fourth-order valence-corrected chi connectivity index (χ4v) is 2.08. The lowest BCUT2D eigenvalue weighted by Crippen LogP contribution is -2.17. The quantitative estimate of drug-likeness (QED) is 0.860. The van der Waals surface area contributed by atoms with Gasteiger partial charge in [0.2, 0.25) is 0 Å². The predicted molar refractivity (Wildman–Crippen MR) is 64.3 cm³/mol. The summed E-state index contributed by atoms with van der Waals surface area (Å²) in [5.74, 6) is 0. The average molecular weight is 251 g/mol. The summed E-state index contributed by atoms with van der Waals surface area (Å²) < 4.78 is 0. The molecule has 6 heteroatoms. The van der Waals surface area contributed by atoms with Gasteiger partial charge in [-0.3, -0.25) is 0 Å². The van der Waals surface area contributed by atoms with Gasteiger partial charge in [0.25, 0.3) is 0 Å². The molecule has 0 saturated carbocycles. The van der Waals surface area contributed by atoms with Crippen molar-refractivity contribution in [1.29, 1.82) is 0 Å². The maximum Gasteiger partial charge on any atom is 0.142 e. The SMILES string of the molecule is CC(C)(O)c1cc(-c2nc(CO)cs2)ncn1. The Labute approximate surface area is 103 Å². The van der Waals surface area contributed by atoms with Crippen LogP contribution in [0.25, 0.3) is 10.7 Å². The van der Waals surface area contributed by atoms with Gasteiger partial charge < -0.3 is 10.2 Å². The Morgan fingerprint density at radius 3 is 2.71 bits per heavy atom. The summed E-state index contributed by atoms with van der Waals surface area (Å²) in [6.07, 6.45) is 1.41. The Morgan fingerprint density at radius 2 is 2.12 bits per heavy atom. The molecular weight excluding hydrogens is 238 g/mol. The predicted octanol–water partition coefficient (Wildman–Crippen LogP) is 1.32. The molecule has 0 aliphatic rings. The van der Waals surface area contributed by atoms with Crippen molar-refractivity contribution in [2.75, 3.05) is 0 Å². The highest BCUT2D eigenvalue weighted by Crippen LogP contribution is 2.25. The van der Waals surface area contributed by atoms with Gasteiger partial charge in [-0.25, -0.2) is 15.0 Å². The van der Waals surface area contributed by atoms with Gasteiger partial charge >= 0.3 is 0 Å². The van der Waals surface area contributed by atoms with E-state index in [0.29, 0.717) is 22.1 Å². The number of aromatic nitrogens is 3. The normalized spacial score (nSPS) is 11.8. The van der Waals surface area contributed by atoms with Crippen LogP contribution in [0.4, 0.5) is 0 Å². The van der Waals surface area contributed by atoms with E-state index < -0.39 is 5.60 Å². The van der Waals surface area contributed by atoms with E-state index >= 15 is 0 Å². The zero-order valence-electron chi connectivity index (χ0n) is 9.58. The topological polar surface area (TPSA) is 79.1 Å². The van der Waals surface area contributed by atoms with Crippen molar-refractivity contribution >= 4 is 11.3 Å². The van der Waals surface area contributed by atoms with Crippen molar-refractivity contribution in [2.45, 2.75) is 26.1 Å². The molecule has 0 aliphatic carbocycles. The summed E-state index contributed by atoms with van der Waals surface area (Å²) in [4.78, 5) is 12.4. The molecule has 0 bridgehead atoms. The van der Waals surface area contributed by atoms with Crippen LogP contribution in [0.3, 0.4) is 0 Å². The van der Waals surface area contributed by atoms with Gasteiger partial charge in [0.05, 0.1) is 18.0 Å². The Kier molecular flexibility index (Phi) is 3.19. The molecule has 2 aromatic heterocycles. The Morgan fingerprint density at radius 1 is 1.35 bits per heavy atom. The number of nitrogens with zero attached hydrogens (tertiary/aromatic N) is 3. The summed E-state index contributed by atoms with van der Waals surface area (Å²) >= 11 is 1.40. The number of hydrogen-bond acceptors (Lipinski definition) is 6. The Hall–Kier alpha value is -1.37. The van der Waals surface area contributed by atoms with Crippen LogP contribution in [0.2, 0.25) is 0 Å². The van der Waals surface area contributed by atoms with E-state index in [-0.39, 0.29) is 6.61 Å². The fourth-order valence-electron chi connectivity index (χ4n) is 1.31. The summed E-state index contributed by atoms with van der Waals surface area (Å²) in [7, 11) is 0. The molecule has 2 N–H and O–H groups in total. The van der Waals surface area contributed by atoms with E-state index in [1.807, 2.05) is 0 Å². The molecule has 5 nitrogen and oxygen atoms in total. The van der Waals surface area contributed by atoms with E-state index in [1.165, 1.54) is 17.7 Å². The van der Waals surface area contributed by atoms with E-state index in [9.17, 15) is 5.11 Å². The van der Waals surface area contributed by atoms with Gasteiger partial charge in [0.15, 0.2) is 0 Å². The van der Waals surface area contributed by atoms with E-state index in [2.05, 4.69) is 15.0 Å². The van der Waals surface area contributed by atoms with Crippen LogP contribution >= 0.6 is 11.3 Å². The third-order valence-electron chi connectivity index (χ3n) is 2.23. The van der Waals surface area contributed by atoms with Gasteiger partial charge in [-0.15, -0.1) is 11.3 Å². The van der Waals surface area contributed by atoms with Crippen molar-refractivity contribution in [3.05, 3.63) is 29.2 Å². The molecule has 0 saturated heterocycles. The number of aliphatic hydroxyl groups excluding tert-OH is 1. The number of aliphatic hydroxyl groups is 2. The summed E-state index contributed by atoms with van der Waals surface area (Å²) in [6, 6.07) is 1.71. The van der Waals surface area contributed by atoms with Gasteiger partial charge in [-0.1, -0.05) is 0 Å². The molecule has 0 aromatic carbocycles. The molecule has 90 valence electrons. The number of thiazole rings is 1. The maximum atomic E-state index is 9.86. The van der Waals surface area contributed by atoms with Crippen molar-refractivity contribution in [3.8, 4) is 10.7 Å². The second-order valence-electron chi connectivity index (χ2n) is 4.15. The summed E-state index contributed by atoms with van der Waals surface area (Å²) in [5.41, 5.74) is 0.813. The molecule has 2 heterocycles. The molecule has 0 atom stereocenters. The van der Waals surface area contributed by atoms with Crippen molar-refractivity contribution in [1.82, 2.24) is 15.0 Å². The standard InChI is InChI=1S/C11H13N3O2S/c1-11(2,16)9-3-8(12-6-13-9)10-14-7(4-15)5-17-10/h3,5-6,15-16H,4H2,1-2H3. The first-order valence-corrected chi connectivity index (χ1v) is 5.99. The van der Waals surface area contributed by atoms with E-state index in [1.54, 1.807) is 25.3 Å². The second kappa shape index (κ2) is 4.48. The molecule has 0 unspecified atom stereocenters. The molecule has 2 rings (SSSR count). The zero-order chi connectivity index (χ0) is 12.5. The number of hydrogen-bond donors (Lipinski definition) is 2. The molecule has 2 aromatic rings. The molecule has 0 amide bonds. The van der Waals surface area contributed by atoms with Gasteiger partial charge in [-0.05, 0) is 19.9 Å². The van der Waals surface area contributed by atoms with Crippen LogP contribution < -0.4 is 0 Å². The minimum Gasteiger partial charge on any atom is -0.390 e. The fraction of sp³-hybridized carbons (Fsp3) is 0.364. The van der Waals surface area contributed by atoms with Gasteiger partial charge in [0, 0.05) is 5.38 Å². The van der Waals surface area contributed by atoms with Crippen LogP contribution in [-0.4, -0.2) is 25.2 Å². The van der Waals surface area contributed by atoms with Crippen LogP contribution in [0.5, 0.6) is 0 Å². The number of rotatable bonds is 3. The first kappa shape index (κ1) is 12.1. The van der Waals surface area contributed by atoms with Crippen LogP contribution in [0, 0.1) is 0 Å². The molecule has 0 fully saturated rings. The minimum absolute atomic E-state index is 0.0834. The lowest BCUT2D eigenvalue weighted by molar-refractivity contribution is 0.0737. The Balaban J connectivity index is 2.39. The third-order valence-corrected chi connectivity index (χ3v) is 3.14. The van der Waals surface area contributed by atoms with Crippen molar-refractivity contribution in [2.24, 2.45) is 0 Å².